The number of nitrogens with one attached hydrogen (secondary N) is 2. The van der Waals surface area contributed by atoms with Gasteiger partial charge in [0.15, 0.2) is 0 Å². The molecule has 0 fully saturated rings. The van der Waals surface area contributed by atoms with Crippen LogP contribution in [0.25, 0.3) is 11.1 Å². The highest BCUT2D eigenvalue weighted by Gasteiger charge is 2.30. The zero-order chi connectivity index (χ0) is 24.8. The molecule has 0 saturated carbocycles. The number of carbonyl (C=O) groups excluding carboxylic acids is 2. The molecule has 0 aliphatic heterocycles. The van der Waals surface area contributed by atoms with Crippen LogP contribution in [-0.2, 0) is 14.3 Å². The number of hydrogen-bond acceptors (Lipinski definition) is 4. The summed E-state index contributed by atoms with van der Waals surface area (Å²) in [7, 11) is 0. The Kier molecular flexibility index (Phi) is 7.85. The van der Waals surface area contributed by atoms with E-state index in [-0.39, 0.29) is 42.9 Å². The van der Waals surface area contributed by atoms with Gasteiger partial charge in [0.05, 0.1) is 6.04 Å². The molecule has 184 valence electrons. The molecule has 0 saturated heterocycles. The van der Waals surface area contributed by atoms with Crippen LogP contribution in [0.2, 0.25) is 0 Å². The molecular weight excluding hydrogens is 444 g/mol. The van der Waals surface area contributed by atoms with Crippen molar-refractivity contribution in [3.8, 4) is 11.1 Å². The molecule has 2 aliphatic carbocycles. The minimum Gasteiger partial charge on any atom is -0.481 e. The van der Waals surface area contributed by atoms with Crippen molar-refractivity contribution in [1.29, 1.82) is 0 Å². The molecule has 0 heterocycles. The van der Waals surface area contributed by atoms with Gasteiger partial charge in [-0.2, -0.15) is 0 Å². The third-order valence-electron chi connectivity index (χ3n) is 6.89. The van der Waals surface area contributed by atoms with Crippen LogP contribution >= 0.6 is 0 Å². The molecule has 7 nitrogen and oxygen atoms in total. The van der Waals surface area contributed by atoms with Crippen LogP contribution in [0.4, 0.5) is 4.79 Å². The number of benzene rings is 2. The molecule has 2 aromatic rings. The predicted octanol–water partition coefficient (Wildman–Crippen LogP) is 4.62. The second kappa shape index (κ2) is 11.2. The molecule has 35 heavy (non-hydrogen) atoms. The van der Waals surface area contributed by atoms with Crippen LogP contribution in [0.5, 0.6) is 0 Å². The molecule has 7 heteroatoms. The minimum atomic E-state index is -0.870. The zero-order valence-corrected chi connectivity index (χ0v) is 19.9. The first-order valence-electron chi connectivity index (χ1n) is 12.3. The van der Waals surface area contributed by atoms with Gasteiger partial charge in [0.1, 0.15) is 6.61 Å². The Bertz CT molecular complexity index is 1070. The molecule has 3 unspecified atom stereocenters. The third-order valence-corrected chi connectivity index (χ3v) is 6.89. The Balaban J connectivity index is 1.30. The normalized spacial score (nSPS) is 19.3. The third kappa shape index (κ3) is 5.91. The number of amides is 2. The first-order valence-corrected chi connectivity index (χ1v) is 12.3. The molecule has 3 N–H and O–H groups in total. The van der Waals surface area contributed by atoms with Crippen LogP contribution in [0, 0.1) is 5.92 Å². The Morgan fingerprint density at radius 2 is 1.71 bits per heavy atom. The van der Waals surface area contributed by atoms with Crippen molar-refractivity contribution in [2.24, 2.45) is 5.92 Å². The Morgan fingerprint density at radius 3 is 2.34 bits per heavy atom. The number of hydrogen-bond donors (Lipinski definition) is 3. The fourth-order valence-electron chi connectivity index (χ4n) is 5.00. The molecule has 2 aromatic carbocycles. The van der Waals surface area contributed by atoms with Crippen molar-refractivity contribution in [2.45, 2.75) is 57.0 Å². The van der Waals surface area contributed by atoms with Crippen molar-refractivity contribution >= 4 is 18.0 Å². The quantitative estimate of drug-likeness (QED) is 0.458. The summed E-state index contributed by atoms with van der Waals surface area (Å²) < 4.78 is 5.63. The van der Waals surface area contributed by atoms with Crippen molar-refractivity contribution in [2.75, 3.05) is 6.61 Å². The number of carbonyl (C=O) groups is 3. The van der Waals surface area contributed by atoms with Crippen LogP contribution in [0.15, 0.2) is 60.7 Å². The van der Waals surface area contributed by atoms with Gasteiger partial charge in [-0.25, -0.2) is 4.79 Å². The highest BCUT2D eigenvalue weighted by molar-refractivity contribution is 5.80. The molecule has 3 atom stereocenters. The molecule has 2 aliphatic rings. The first-order chi connectivity index (χ1) is 17.0. The van der Waals surface area contributed by atoms with Crippen molar-refractivity contribution in [3.05, 3.63) is 71.8 Å². The number of aliphatic carboxylic acids is 1. The maximum atomic E-state index is 12.7. The van der Waals surface area contributed by atoms with E-state index >= 15 is 0 Å². The lowest BCUT2D eigenvalue weighted by Crippen LogP contribution is -2.43. The number of carboxylic acid groups (broad SMARTS) is 1. The first kappa shape index (κ1) is 24.5. The molecular formula is C28H32N2O5. The summed E-state index contributed by atoms with van der Waals surface area (Å²) in [6.07, 6.45) is 5.45. The minimum absolute atomic E-state index is 0.00893. The van der Waals surface area contributed by atoms with E-state index < -0.39 is 12.1 Å². The van der Waals surface area contributed by atoms with E-state index in [2.05, 4.69) is 34.9 Å². The number of allylic oxidation sites excluding steroid dienone is 1. The second-order valence-corrected chi connectivity index (χ2v) is 9.22. The highest BCUT2D eigenvalue weighted by atomic mass is 16.5. The van der Waals surface area contributed by atoms with Crippen molar-refractivity contribution < 1.29 is 24.2 Å². The van der Waals surface area contributed by atoms with E-state index in [1.807, 2.05) is 43.3 Å². The average Bonchev–Trinajstić information content (AvgIpc) is 3.19. The summed E-state index contributed by atoms with van der Waals surface area (Å²) in [5.41, 5.74) is 4.66. The lowest BCUT2D eigenvalue weighted by Gasteiger charge is -2.27. The summed E-state index contributed by atoms with van der Waals surface area (Å²) in [6.45, 7) is 2.16. The molecule has 0 aromatic heterocycles. The van der Waals surface area contributed by atoms with E-state index in [1.165, 1.54) is 11.1 Å². The lowest BCUT2D eigenvalue weighted by molar-refractivity contribution is -0.137. The second-order valence-electron chi connectivity index (χ2n) is 9.22. The zero-order valence-electron chi connectivity index (χ0n) is 19.9. The van der Waals surface area contributed by atoms with E-state index in [4.69, 9.17) is 9.84 Å². The maximum Gasteiger partial charge on any atom is 0.407 e. The van der Waals surface area contributed by atoms with Gasteiger partial charge in [-0.15, -0.1) is 0 Å². The topological polar surface area (TPSA) is 105 Å². The van der Waals surface area contributed by atoms with Gasteiger partial charge in [0.2, 0.25) is 5.91 Å². The van der Waals surface area contributed by atoms with E-state index in [0.29, 0.717) is 25.7 Å². The predicted molar refractivity (Wildman–Crippen MR) is 133 cm³/mol. The summed E-state index contributed by atoms with van der Waals surface area (Å²) in [4.78, 5) is 36.2. The van der Waals surface area contributed by atoms with Gasteiger partial charge in [0.25, 0.3) is 0 Å². The largest absolute Gasteiger partial charge is 0.481 e. The monoisotopic (exact) mass is 476 g/mol. The Hall–Kier alpha value is -3.61. The van der Waals surface area contributed by atoms with Gasteiger partial charge in [-0.1, -0.05) is 67.6 Å². The average molecular weight is 477 g/mol. The number of rotatable bonds is 9. The molecule has 4 rings (SSSR count). The fourth-order valence-corrected chi connectivity index (χ4v) is 5.00. The summed E-state index contributed by atoms with van der Waals surface area (Å²) in [6, 6.07) is 15.9. The van der Waals surface area contributed by atoms with Crippen molar-refractivity contribution in [3.63, 3.8) is 0 Å². The van der Waals surface area contributed by atoms with E-state index in [0.717, 1.165) is 11.1 Å². The SMILES string of the molecule is CCC(CCC(=O)O)NC(=O)C1CC=CC(NC(=O)OCC2c3ccccc3-c3ccccc32)C1. The number of ether oxygens (including phenoxy) is 1. The smallest absolute Gasteiger partial charge is 0.407 e. The maximum absolute atomic E-state index is 12.7. The van der Waals surface area contributed by atoms with Gasteiger partial charge >= 0.3 is 12.1 Å². The van der Waals surface area contributed by atoms with Crippen molar-refractivity contribution in [1.82, 2.24) is 10.6 Å². The van der Waals surface area contributed by atoms with Gasteiger partial charge < -0.3 is 20.5 Å². The van der Waals surface area contributed by atoms with E-state index in [1.54, 1.807) is 0 Å². The fraction of sp³-hybridized carbons (Fsp3) is 0.393. The van der Waals surface area contributed by atoms with E-state index in [9.17, 15) is 14.4 Å². The summed E-state index contributed by atoms with van der Waals surface area (Å²) in [5, 5.41) is 14.7. The van der Waals surface area contributed by atoms with Gasteiger partial charge in [-0.3, -0.25) is 9.59 Å². The number of fused-ring (bicyclic) bond motifs is 3. The lowest BCUT2D eigenvalue weighted by atomic mass is 9.90. The standard InChI is InChI=1S/C28H32N2O5/c1-2-19(14-15-26(31)32)29-27(33)18-8-7-9-20(16-18)30-28(34)35-17-25-23-12-5-3-10-21(23)22-11-4-6-13-24(22)25/h3-7,9-13,18-20,25H,2,8,14-17H2,1H3,(H,29,33)(H,30,34)(H,31,32). The van der Waals surface area contributed by atoms with Crippen LogP contribution in [0.3, 0.4) is 0 Å². The highest BCUT2D eigenvalue weighted by Crippen LogP contribution is 2.44. The number of carboxylic acids is 1. The van der Waals surface area contributed by atoms with Crippen LogP contribution in [-0.4, -0.2) is 41.8 Å². The summed E-state index contributed by atoms with van der Waals surface area (Å²) in [5.74, 6) is -1.26. The molecule has 0 spiro atoms. The Labute approximate surface area is 205 Å². The molecule has 2 amide bonds. The number of alkyl carbamates (subject to hydrolysis) is 1. The van der Waals surface area contributed by atoms with Gasteiger partial charge in [0, 0.05) is 24.3 Å². The molecule has 0 radical (unpaired) electrons. The summed E-state index contributed by atoms with van der Waals surface area (Å²) >= 11 is 0. The Morgan fingerprint density at radius 1 is 1.06 bits per heavy atom. The van der Waals surface area contributed by atoms with Crippen LogP contribution in [0.1, 0.15) is 56.1 Å². The van der Waals surface area contributed by atoms with Crippen LogP contribution < -0.4 is 10.6 Å². The van der Waals surface area contributed by atoms with Gasteiger partial charge in [-0.05, 0) is 47.9 Å². The molecule has 0 bridgehead atoms.